The predicted octanol–water partition coefficient (Wildman–Crippen LogP) is -3.64. The second-order valence-corrected chi connectivity index (χ2v) is 2.97. The van der Waals surface area contributed by atoms with E-state index in [4.69, 9.17) is 13.8 Å². The highest BCUT2D eigenvalue weighted by atomic mass is 16.6. The van der Waals surface area contributed by atoms with E-state index in [0.717, 1.165) is 6.92 Å². The molecule has 0 saturated heterocycles. The van der Waals surface area contributed by atoms with Crippen molar-refractivity contribution in [3.05, 3.63) is 0 Å². The van der Waals surface area contributed by atoms with E-state index in [2.05, 4.69) is 9.97 Å². The first-order valence-electron chi connectivity index (χ1n) is 4.49. The zero-order valence-electron chi connectivity index (χ0n) is 9.15. The van der Waals surface area contributed by atoms with E-state index in [1.165, 1.54) is 0 Å². The van der Waals surface area contributed by atoms with Crippen LogP contribution in [0.15, 0.2) is 0 Å². The minimum atomic E-state index is -2.56. The Morgan fingerprint density at radius 1 is 1.35 bits per heavy atom. The maximum atomic E-state index is 11.2. The molecule has 0 aromatic heterocycles. The van der Waals surface area contributed by atoms with Gasteiger partial charge in [0.25, 0.3) is 8.05 Å². The zero-order chi connectivity index (χ0) is 13.5. The van der Waals surface area contributed by atoms with E-state index in [1.54, 1.807) is 5.32 Å². The second kappa shape index (κ2) is 6.83. The van der Waals surface area contributed by atoms with Gasteiger partial charge >= 0.3 is 6.03 Å². The van der Waals surface area contributed by atoms with Gasteiger partial charge in [0.15, 0.2) is 0 Å². The van der Waals surface area contributed by atoms with Crippen LogP contribution in [-0.2, 0) is 19.0 Å². The van der Waals surface area contributed by atoms with Gasteiger partial charge in [-0.15, -0.1) is 0 Å². The van der Waals surface area contributed by atoms with E-state index < -0.39 is 30.2 Å². The van der Waals surface area contributed by atoms with Crippen molar-refractivity contribution in [2.45, 2.75) is 19.4 Å². The molecule has 0 saturated carbocycles. The third-order valence-electron chi connectivity index (χ3n) is 1.45. The van der Waals surface area contributed by atoms with Crippen LogP contribution in [-0.4, -0.2) is 43.6 Å². The third kappa shape index (κ3) is 6.50. The molecular formula is C7H13BN4O5. The Morgan fingerprint density at radius 3 is 2.35 bits per heavy atom. The van der Waals surface area contributed by atoms with Gasteiger partial charge in [0, 0.05) is 6.92 Å². The molecule has 0 heterocycles. The number of carbonyl (C=O) groups is 3. The fourth-order valence-corrected chi connectivity index (χ4v) is 0.884. The van der Waals surface area contributed by atoms with Crippen molar-refractivity contribution in [3.63, 3.8) is 0 Å². The summed E-state index contributed by atoms with van der Waals surface area (Å²) in [5, 5.41) is 15.2. The summed E-state index contributed by atoms with van der Waals surface area (Å²) in [6.45, 7) is 0.937. The van der Waals surface area contributed by atoms with Gasteiger partial charge in [0.1, 0.15) is 6.42 Å². The molecule has 0 aliphatic rings. The average Bonchev–Trinajstić information content (AvgIpc) is 2.15. The van der Waals surface area contributed by atoms with Gasteiger partial charge in [-0.3, -0.25) is 25.0 Å². The number of rotatable bonds is 6. The minimum Gasteiger partial charge on any atom is -0.389 e. The molecule has 0 bridgehead atoms. The second-order valence-electron chi connectivity index (χ2n) is 2.97. The molecular weight excluding hydrogens is 231 g/mol. The number of hydrogen-bond donors (Lipinski definition) is 5. The molecule has 1 unspecified atom stereocenters. The van der Waals surface area contributed by atoms with Gasteiger partial charge in [-0.05, 0) is 0 Å². The van der Waals surface area contributed by atoms with E-state index in [0.29, 0.717) is 0 Å². The van der Waals surface area contributed by atoms with E-state index in [-0.39, 0.29) is 6.67 Å². The summed E-state index contributed by atoms with van der Waals surface area (Å²) >= 11 is 0. The summed E-state index contributed by atoms with van der Waals surface area (Å²) in [5.74, 6) is -2.28. The lowest BCUT2D eigenvalue weighted by molar-refractivity contribution is -0.192. The molecule has 0 spiro atoms. The monoisotopic (exact) mass is 244 g/mol. The Bertz CT molecular complexity index is 313. The fraction of sp³-hybridized carbons (Fsp3) is 0.571. The first-order chi connectivity index (χ1) is 7.83. The molecule has 10 heteroatoms. The standard InChI is InChI=1S/C7H13BN4O5/c1-4(13)11-7(16,17-8)12-6(15)2-5(14)10-3-9/h16H,2-3,9H2,1H3,(H,10,14)(H,11,13)(H,12,15). The van der Waals surface area contributed by atoms with Crippen molar-refractivity contribution in [2.24, 2.45) is 5.73 Å². The number of nitrogens with two attached hydrogens (primary N) is 1. The summed E-state index contributed by atoms with van der Waals surface area (Å²) < 4.78 is 4.00. The number of aliphatic hydroxyl groups is 1. The van der Waals surface area contributed by atoms with Crippen LogP contribution < -0.4 is 21.7 Å². The Balaban J connectivity index is 4.32. The van der Waals surface area contributed by atoms with Crippen LogP contribution in [0.4, 0.5) is 0 Å². The molecule has 3 amide bonds. The van der Waals surface area contributed by atoms with Crippen molar-refractivity contribution in [1.82, 2.24) is 16.0 Å². The summed E-state index contributed by atoms with van der Waals surface area (Å²) in [6.07, 6.45) is -0.609. The predicted molar refractivity (Wildman–Crippen MR) is 55.6 cm³/mol. The fourth-order valence-electron chi connectivity index (χ4n) is 0.884. The quantitative estimate of drug-likeness (QED) is 0.185. The van der Waals surface area contributed by atoms with Crippen molar-refractivity contribution >= 4 is 25.8 Å². The van der Waals surface area contributed by atoms with Crippen molar-refractivity contribution < 1.29 is 24.1 Å². The molecule has 0 rings (SSSR count). The first-order valence-corrected chi connectivity index (χ1v) is 4.49. The number of hydrogen-bond acceptors (Lipinski definition) is 6. The third-order valence-corrected chi connectivity index (χ3v) is 1.45. The lowest BCUT2D eigenvalue weighted by Gasteiger charge is -2.27. The van der Waals surface area contributed by atoms with Crippen molar-refractivity contribution in [1.29, 1.82) is 0 Å². The molecule has 0 aromatic rings. The Kier molecular flexibility index (Phi) is 6.17. The molecule has 2 radical (unpaired) electrons. The van der Waals surface area contributed by atoms with E-state index in [9.17, 15) is 19.5 Å². The lowest BCUT2D eigenvalue weighted by Crippen LogP contribution is -2.62. The smallest absolute Gasteiger partial charge is 0.324 e. The van der Waals surface area contributed by atoms with Gasteiger partial charge < -0.3 is 20.8 Å². The maximum absolute atomic E-state index is 11.2. The molecule has 94 valence electrons. The molecule has 17 heavy (non-hydrogen) atoms. The maximum Gasteiger partial charge on any atom is 0.324 e. The van der Waals surface area contributed by atoms with Gasteiger partial charge in [-0.25, -0.2) is 0 Å². The molecule has 1 atom stereocenters. The first kappa shape index (κ1) is 15.4. The number of carbonyl (C=O) groups excluding carboxylic acids is 3. The molecule has 0 fully saturated rings. The average molecular weight is 244 g/mol. The highest BCUT2D eigenvalue weighted by Crippen LogP contribution is 1.96. The highest BCUT2D eigenvalue weighted by molar-refractivity contribution is 5.99. The Hall–Kier alpha value is -1.65. The van der Waals surface area contributed by atoms with Crippen LogP contribution in [0.3, 0.4) is 0 Å². The largest absolute Gasteiger partial charge is 0.389 e. The normalized spacial score (nSPS) is 13.4. The van der Waals surface area contributed by atoms with Gasteiger partial charge in [0.2, 0.25) is 17.7 Å². The molecule has 6 N–H and O–H groups in total. The highest BCUT2D eigenvalue weighted by Gasteiger charge is 2.29. The van der Waals surface area contributed by atoms with Crippen LogP contribution in [0.25, 0.3) is 0 Å². The molecule has 0 aromatic carbocycles. The Labute approximate surface area is 98.5 Å². The van der Waals surface area contributed by atoms with Gasteiger partial charge in [-0.1, -0.05) is 0 Å². The zero-order valence-corrected chi connectivity index (χ0v) is 9.15. The van der Waals surface area contributed by atoms with Crippen LogP contribution in [0, 0.1) is 0 Å². The van der Waals surface area contributed by atoms with Crippen LogP contribution in [0.1, 0.15) is 13.3 Å². The summed E-state index contributed by atoms with van der Waals surface area (Å²) in [5.41, 5.74) is 5.01. The topological polar surface area (TPSA) is 143 Å². The number of amides is 3. The van der Waals surface area contributed by atoms with Crippen LogP contribution in [0.2, 0.25) is 0 Å². The molecule has 9 nitrogen and oxygen atoms in total. The molecule has 0 aliphatic heterocycles. The molecule has 0 aliphatic carbocycles. The van der Waals surface area contributed by atoms with Crippen molar-refractivity contribution in [3.8, 4) is 0 Å². The lowest BCUT2D eigenvalue weighted by atomic mass is 10.3. The van der Waals surface area contributed by atoms with Gasteiger partial charge in [0.05, 0.1) is 6.67 Å². The SMILES string of the molecule is [B]OC(O)(NC(C)=O)NC(=O)CC(=O)NCN. The Morgan fingerprint density at radius 2 is 1.94 bits per heavy atom. The minimum absolute atomic E-state index is 0.129. The van der Waals surface area contributed by atoms with Crippen LogP contribution >= 0.6 is 0 Å². The van der Waals surface area contributed by atoms with E-state index >= 15 is 0 Å². The summed E-state index contributed by atoms with van der Waals surface area (Å²) in [4.78, 5) is 32.9. The number of nitrogens with one attached hydrogen (secondary N) is 3. The van der Waals surface area contributed by atoms with Crippen molar-refractivity contribution in [2.75, 3.05) is 6.67 Å². The summed E-state index contributed by atoms with van der Waals surface area (Å²) in [7, 11) is 4.69. The van der Waals surface area contributed by atoms with Crippen LogP contribution in [0.5, 0.6) is 0 Å². The van der Waals surface area contributed by atoms with E-state index in [1.807, 2.05) is 5.32 Å². The van der Waals surface area contributed by atoms with Gasteiger partial charge in [-0.2, -0.15) is 0 Å². The summed E-state index contributed by atoms with van der Waals surface area (Å²) in [6, 6.07) is -2.56.